The number of aromatic nitrogens is 1. The van der Waals surface area contributed by atoms with Gasteiger partial charge in [0, 0.05) is 41.9 Å². The number of fused-ring (bicyclic) bond motifs is 1. The van der Waals surface area contributed by atoms with Crippen LogP contribution in [0.25, 0.3) is 10.9 Å². The number of nitrogens with zero attached hydrogens (tertiary/aromatic N) is 2. The van der Waals surface area contributed by atoms with Gasteiger partial charge in [0.25, 0.3) is 0 Å². The van der Waals surface area contributed by atoms with Gasteiger partial charge in [-0.3, -0.25) is 9.59 Å². The largest absolute Gasteiger partial charge is 0.497 e. The second-order valence-corrected chi connectivity index (χ2v) is 13.2. The highest BCUT2D eigenvalue weighted by Gasteiger charge is 2.44. The number of hydrogen-bond donors (Lipinski definition) is 4. The standard InChI is InChI=1S/C37H50N2O9/c1-23(2)14-16-38(17-15-24(3)4)32(41)21-39-20-29(28-13-12-27(46-5)19-30(28)39)33(42)26-10-8-25(9-11-26)7-6-18-47-37-36(45)35(44)34(43)31(22-40)48-37/h6,8-13,18-20,23-24,31,34-37,40,43-45H,7,14-17,21-22H2,1-5H3/b18-6+/t31-,34+,35+,36-,37?/m1/s1. The van der Waals surface area contributed by atoms with Crippen LogP contribution in [0, 0.1) is 11.8 Å². The second-order valence-electron chi connectivity index (χ2n) is 13.2. The van der Waals surface area contributed by atoms with Crippen LogP contribution in [0.1, 0.15) is 62.0 Å². The maximum Gasteiger partial charge on any atom is 0.242 e. The van der Waals surface area contributed by atoms with Crippen LogP contribution in [0.3, 0.4) is 0 Å². The number of amides is 1. The summed E-state index contributed by atoms with van der Waals surface area (Å²) >= 11 is 0. The summed E-state index contributed by atoms with van der Waals surface area (Å²) in [7, 11) is 1.59. The van der Waals surface area contributed by atoms with E-state index in [0.717, 1.165) is 29.3 Å². The Morgan fingerprint density at radius 3 is 2.23 bits per heavy atom. The van der Waals surface area contributed by atoms with Crippen LogP contribution < -0.4 is 4.74 Å². The van der Waals surface area contributed by atoms with Crippen molar-refractivity contribution in [2.45, 2.75) is 84.2 Å². The summed E-state index contributed by atoms with van der Waals surface area (Å²) in [4.78, 5) is 29.4. The van der Waals surface area contributed by atoms with Gasteiger partial charge in [-0.1, -0.05) is 52.0 Å². The molecule has 1 aromatic heterocycles. The molecule has 1 amide bonds. The number of aliphatic hydroxyl groups is 4. The zero-order chi connectivity index (χ0) is 35.0. The summed E-state index contributed by atoms with van der Waals surface area (Å²) in [5, 5.41) is 40.0. The van der Waals surface area contributed by atoms with Crippen molar-refractivity contribution in [1.29, 1.82) is 0 Å². The highest BCUT2D eigenvalue weighted by molar-refractivity contribution is 6.16. The van der Waals surface area contributed by atoms with Crippen LogP contribution in [0.15, 0.2) is 61.0 Å². The predicted octanol–water partition coefficient (Wildman–Crippen LogP) is 3.67. The molecule has 0 aliphatic carbocycles. The maximum atomic E-state index is 13.8. The van der Waals surface area contributed by atoms with Crippen LogP contribution >= 0.6 is 0 Å². The zero-order valence-electron chi connectivity index (χ0n) is 28.5. The fourth-order valence-electron chi connectivity index (χ4n) is 5.59. The molecule has 4 rings (SSSR count). The van der Waals surface area contributed by atoms with Crippen LogP contribution in [0.5, 0.6) is 5.75 Å². The van der Waals surface area contributed by atoms with Gasteiger partial charge in [-0.25, -0.2) is 0 Å². The number of aliphatic hydroxyl groups excluding tert-OH is 4. The Bertz CT molecular complexity index is 1520. The number of ether oxygens (including phenoxy) is 3. The number of ketones is 1. The van der Waals surface area contributed by atoms with E-state index in [2.05, 4.69) is 27.7 Å². The smallest absolute Gasteiger partial charge is 0.242 e. The normalized spacial score (nSPS) is 21.4. The topological polar surface area (TPSA) is 151 Å². The first-order chi connectivity index (χ1) is 22.9. The van der Waals surface area contributed by atoms with E-state index >= 15 is 0 Å². The van der Waals surface area contributed by atoms with Gasteiger partial charge < -0.3 is 44.1 Å². The van der Waals surface area contributed by atoms with E-state index in [1.54, 1.807) is 31.5 Å². The molecule has 1 aliphatic rings. The Balaban J connectivity index is 1.47. The molecule has 1 fully saturated rings. The van der Waals surface area contributed by atoms with Gasteiger partial charge in [0.15, 0.2) is 5.78 Å². The molecule has 0 spiro atoms. The first kappa shape index (κ1) is 37.1. The summed E-state index contributed by atoms with van der Waals surface area (Å²) < 4.78 is 18.1. The lowest BCUT2D eigenvalue weighted by Crippen LogP contribution is -2.58. The lowest BCUT2D eigenvalue weighted by Gasteiger charge is -2.39. The molecule has 5 atom stereocenters. The molecule has 1 saturated heterocycles. The third-order valence-electron chi connectivity index (χ3n) is 8.67. The van der Waals surface area contributed by atoms with E-state index in [4.69, 9.17) is 14.2 Å². The first-order valence-electron chi connectivity index (χ1n) is 16.6. The van der Waals surface area contributed by atoms with Crippen molar-refractivity contribution >= 4 is 22.6 Å². The number of benzene rings is 2. The fraction of sp³-hybridized carbons (Fsp3) is 0.514. The molecule has 2 aromatic carbocycles. The van der Waals surface area contributed by atoms with Gasteiger partial charge in [0.2, 0.25) is 12.2 Å². The number of methoxy groups -OCH3 is 1. The van der Waals surface area contributed by atoms with Gasteiger partial charge in [0.05, 0.1) is 25.5 Å². The first-order valence-corrected chi connectivity index (χ1v) is 16.6. The van der Waals surface area contributed by atoms with Gasteiger partial charge >= 0.3 is 0 Å². The Hall–Kier alpha value is -3.74. The molecule has 0 radical (unpaired) electrons. The monoisotopic (exact) mass is 666 g/mol. The number of rotatable bonds is 16. The summed E-state index contributed by atoms with van der Waals surface area (Å²) in [6.45, 7) is 9.57. The van der Waals surface area contributed by atoms with Crippen molar-refractivity contribution in [2.24, 2.45) is 11.8 Å². The molecule has 11 nitrogen and oxygen atoms in total. The lowest BCUT2D eigenvalue weighted by atomic mass is 9.99. The summed E-state index contributed by atoms with van der Waals surface area (Å²) in [6, 6.07) is 12.7. The Labute approximate surface area is 282 Å². The molecule has 48 heavy (non-hydrogen) atoms. The van der Waals surface area contributed by atoms with Crippen LogP contribution in [-0.2, 0) is 27.2 Å². The van der Waals surface area contributed by atoms with Crippen LogP contribution in [0.2, 0.25) is 0 Å². The summed E-state index contributed by atoms with van der Waals surface area (Å²) in [5.41, 5.74) is 2.63. The SMILES string of the molecule is COc1ccc2c(C(=O)c3ccc(C/C=C/OC4O[C@H](CO)[C@H](O)[C@H](O)[C@H]4O)cc3)cn(CC(=O)N(CCC(C)C)CCC(C)C)c2c1. The molecule has 11 heteroatoms. The van der Waals surface area contributed by atoms with Crippen molar-refractivity contribution in [3.63, 3.8) is 0 Å². The number of carbonyl (C=O) groups is 2. The molecule has 2 heterocycles. The minimum absolute atomic E-state index is 0.0166. The second kappa shape index (κ2) is 17.1. The van der Waals surface area contributed by atoms with E-state index in [1.165, 1.54) is 6.26 Å². The molecule has 0 saturated carbocycles. The van der Waals surface area contributed by atoms with E-state index in [1.807, 2.05) is 39.8 Å². The predicted molar refractivity (Wildman–Crippen MR) is 182 cm³/mol. The Morgan fingerprint density at radius 1 is 0.958 bits per heavy atom. The van der Waals surface area contributed by atoms with Gasteiger partial charge in [-0.05, 0) is 54.9 Å². The number of allylic oxidation sites excluding steroid dienone is 1. The van der Waals surface area contributed by atoms with Crippen molar-refractivity contribution in [2.75, 3.05) is 26.8 Å². The molecule has 1 aliphatic heterocycles. The van der Waals surface area contributed by atoms with Crippen molar-refractivity contribution in [3.05, 3.63) is 77.7 Å². The molecule has 262 valence electrons. The maximum absolute atomic E-state index is 13.8. The molecule has 4 N–H and O–H groups in total. The van der Waals surface area contributed by atoms with Gasteiger partial charge in [0.1, 0.15) is 36.7 Å². The van der Waals surface area contributed by atoms with Gasteiger partial charge in [-0.15, -0.1) is 0 Å². The van der Waals surface area contributed by atoms with Crippen molar-refractivity contribution < 1.29 is 44.2 Å². The minimum atomic E-state index is -1.52. The highest BCUT2D eigenvalue weighted by Crippen LogP contribution is 2.28. The Morgan fingerprint density at radius 2 is 1.62 bits per heavy atom. The van der Waals surface area contributed by atoms with E-state index in [-0.39, 0.29) is 18.2 Å². The van der Waals surface area contributed by atoms with Crippen molar-refractivity contribution in [3.8, 4) is 5.75 Å². The van der Waals surface area contributed by atoms with Crippen LogP contribution in [-0.4, -0.2) is 99.1 Å². The van der Waals surface area contributed by atoms with E-state index in [9.17, 15) is 30.0 Å². The van der Waals surface area contributed by atoms with Gasteiger partial charge in [-0.2, -0.15) is 0 Å². The third kappa shape index (κ3) is 9.24. The highest BCUT2D eigenvalue weighted by atomic mass is 16.7. The zero-order valence-corrected chi connectivity index (χ0v) is 28.5. The third-order valence-corrected chi connectivity index (χ3v) is 8.67. The molecular weight excluding hydrogens is 616 g/mol. The summed E-state index contributed by atoms with van der Waals surface area (Å²) in [6.07, 6.45) is 0.284. The fourth-order valence-corrected chi connectivity index (χ4v) is 5.59. The van der Waals surface area contributed by atoms with E-state index < -0.39 is 37.3 Å². The molecule has 0 bridgehead atoms. The molecular formula is C37H50N2O9. The summed E-state index contributed by atoms with van der Waals surface area (Å²) in [5.74, 6) is 1.45. The number of carbonyl (C=O) groups excluding carboxylic acids is 2. The minimum Gasteiger partial charge on any atom is -0.497 e. The molecule has 1 unspecified atom stereocenters. The van der Waals surface area contributed by atoms with Crippen LogP contribution in [0.4, 0.5) is 0 Å². The quantitative estimate of drug-likeness (QED) is 0.133. The average molecular weight is 667 g/mol. The Kier molecular flexibility index (Phi) is 13.2. The van der Waals surface area contributed by atoms with Crippen molar-refractivity contribution in [1.82, 2.24) is 9.47 Å². The number of hydrogen-bond acceptors (Lipinski definition) is 9. The molecule has 3 aromatic rings. The van der Waals surface area contributed by atoms with E-state index in [0.29, 0.717) is 48.2 Å². The lowest BCUT2D eigenvalue weighted by molar-refractivity contribution is -0.287. The average Bonchev–Trinajstić information content (AvgIpc) is 3.43.